The highest BCUT2D eigenvalue weighted by molar-refractivity contribution is 5.86. The topological polar surface area (TPSA) is 23.5 Å². The Bertz CT molecular complexity index is 828. The lowest BCUT2D eigenvalue weighted by atomic mass is 9.82. The van der Waals surface area contributed by atoms with Crippen molar-refractivity contribution in [1.29, 1.82) is 0 Å². The van der Waals surface area contributed by atoms with Gasteiger partial charge >= 0.3 is 0 Å². The van der Waals surface area contributed by atoms with Gasteiger partial charge in [-0.15, -0.1) is 0 Å². The van der Waals surface area contributed by atoms with Gasteiger partial charge in [-0.2, -0.15) is 0 Å². The largest absolute Gasteiger partial charge is 0.363 e. The fraction of sp³-hybridized carbons (Fsp3) is 0.100. The Morgan fingerprint density at radius 2 is 1.32 bits per heavy atom. The summed E-state index contributed by atoms with van der Waals surface area (Å²) in [4.78, 5) is 1.96. The number of para-hydroxylation sites is 1. The van der Waals surface area contributed by atoms with E-state index < -0.39 is 5.72 Å². The monoisotopic (exact) mass is 287 g/mol. The third-order valence-corrected chi connectivity index (χ3v) is 4.52. The fourth-order valence-electron chi connectivity index (χ4n) is 3.39. The molecule has 1 N–H and O–H groups in total. The van der Waals surface area contributed by atoms with Crippen molar-refractivity contribution in [2.45, 2.75) is 5.72 Å². The molecule has 1 heterocycles. The van der Waals surface area contributed by atoms with E-state index in [0.717, 1.165) is 27.9 Å². The molecular weight excluding hydrogens is 270 g/mol. The van der Waals surface area contributed by atoms with Crippen LogP contribution in [0.5, 0.6) is 0 Å². The molecule has 1 atom stereocenters. The van der Waals surface area contributed by atoms with Crippen molar-refractivity contribution in [3.8, 4) is 11.1 Å². The molecule has 22 heavy (non-hydrogen) atoms. The number of hydrogen-bond donors (Lipinski definition) is 1. The summed E-state index contributed by atoms with van der Waals surface area (Å²) in [6.45, 7) is 0. The molecule has 4 rings (SSSR count). The zero-order chi connectivity index (χ0) is 15.2. The van der Waals surface area contributed by atoms with E-state index >= 15 is 0 Å². The van der Waals surface area contributed by atoms with Crippen LogP contribution in [0.2, 0.25) is 0 Å². The first-order chi connectivity index (χ1) is 10.7. The number of anilines is 1. The van der Waals surface area contributed by atoms with Gasteiger partial charge in [0.05, 0.1) is 0 Å². The maximum Gasteiger partial charge on any atom is 0.191 e. The second kappa shape index (κ2) is 4.72. The second-order valence-corrected chi connectivity index (χ2v) is 5.66. The third-order valence-electron chi connectivity index (χ3n) is 4.52. The van der Waals surface area contributed by atoms with Gasteiger partial charge in [0.15, 0.2) is 5.72 Å². The Morgan fingerprint density at radius 3 is 2.09 bits per heavy atom. The van der Waals surface area contributed by atoms with Crippen LogP contribution in [0.1, 0.15) is 11.1 Å². The summed E-state index contributed by atoms with van der Waals surface area (Å²) in [5.41, 5.74) is 3.91. The highest BCUT2D eigenvalue weighted by Gasteiger charge is 2.42. The van der Waals surface area contributed by atoms with E-state index in [2.05, 4.69) is 18.2 Å². The maximum absolute atomic E-state index is 11.6. The van der Waals surface area contributed by atoms with E-state index in [9.17, 15) is 5.11 Å². The molecule has 0 spiro atoms. The van der Waals surface area contributed by atoms with E-state index in [4.69, 9.17) is 0 Å². The molecule has 0 aromatic heterocycles. The highest BCUT2D eigenvalue weighted by Crippen LogP contribution is 2.48. The van der Waals surface area contributed by atoms with Crippen molar-refractivity contribution in [2.24, 2.45) is 0 Å². The zero-order valence-corrected chi connectivity index (χ0v) is 12.4. The van der Waals surface area contributed by atoms with Gasteiger partial charge in [-0.3, -0.25) is 0 Å². The van der Waals surface area contributed by atoms with Crippen LogP contribution in [0.25, 0.3) is 11.1 Å². The lowest BCUT2D eigenvalue weighted by Gasteiger charge is -2.44. The van der Waals surface area contributed by atoms with Crippen LogP contribution in [0, 0.1) is 0 Å². The quantitative estimate of drug-likeness (QED) is 0.731. The first-order valence-corrected chi connectivity index (χ1v) is 7.43. The van der Waals surface area contributed by atoms with Gasteiger partial charge in [0.25, 0.3) is 0 Å². The summed E-state index contributed by atoms with van der Waals surface area (Å²) in [6.07, 6.45) is 0. The molecule has 2 heteroatoms. The normalized spacial score (nSPS) is 19.5. The zero-order valence-electron chi connectivity index (χ0n) is 12.4. The predicted octanol–water partition coefficient (Wildman–Crippen LogP) is 4.00. The molecule has 0 amide bonds. The van der Waals surface area contributed by atoms with E-state index in [-0.39, 0.29) is 0 Å². The molecule has 0 saturated heterocycles. The Kier molecular flexibility index (Phi) is 2.81. The molecule has 0 saturated carbocycles. The average molecular weight is 287 g/mol. The SMILES string of the molecule is CN1c2ccccc2-c2ccccc2C1(O)c1ccccc1. The van der Waals surface area contributed by atoms with Crippen LogP contribution in [0.15, 0.2) is 78.9 Å². The van der Waals surface area contributed by atoms with Gasteiger partial charge in [-0.1, -0.05) is 72.8 Å². The molecule has 1 aliphatic heterocycles. The van der Waals surface area contributed by atoms with E-state index in [1.54, 1.807) is 0 Å². The Morgan fingerprint density at radius 1 is 0.727 bits per heavy atom. The minimum Gasteiger partial charge on any atom is -0.363 e. The number of rotatable bonds is 1. The molecule has 3 aromatic rings. The van der Waals surface area contributed by atoms with E-state index in [1.165, 1.54) is 0 Å². The summed E-state index contributed by atoms with van der Waals surface area (Å²) < 4.78 is 0. The highest BCUT2D eigenvalue weighted by atomic mass is 16.3. The number of nitrogens with zero attached hydrogens (tertiary/aromatic N) is 1. The molecule has 0 fully saturated rings. The van der Waals surface area contributed by atoms with Crippen molar-refractivity contribution < 1.29 is 5.11 Å². The molecule has 1 aliphatic rings. The summed E-state index contributed by atoms with van der Waals surface area (Å²) in [5, 5.41) is 11.6. The minimum absolute atomic E-state index is 0.874. The fourth-order valence-corrected chi connectivity index (χ4v) is 3.39. The lowest BCUT2D eigenvalue weighted by Crippen LogP contribution is -2.47. The van der Waals surface area contributed by atoms with Crippen molar-refractivity contribution in [3.63, 3.8) is 0 Å². The Hall–Kier alpha value is -2.58. The van der Waals surface area contributed by atoms with Gasteiger partial charge in [0, 0.05) is 29.4 Å². The van der Waals surface area contributed by atoms with Crippen LogP contribution < -0.4 is 4.90 Å². The Balaban J connectivity index is 2.06. The molecule has 0 radical (unpaired) electrons. The molecule has 108 valence electrons. The van der Waals surface area contributed by atoms with Gasteiger partial charge in [-0.05, 0) is 11.6 Å². The number of hydrogen-bond acceptors (Lipinski definition) is 2. The van der Waals surface area contributed by atoms with Gasteiger partial charge in [-0.25, -0.2) is 0 Å². The predicted molar refractivity (Wildman–Crippen MR) is 89.7 cm³/mol. The van der Waals surface area contributed by atoms with Crippen LogP contribution in [-0.2, 0) is 5.72 Å². The molecule has 2 nitrogen and oxygen atoms in total. The first-order valence-electron chi connectivity index (χ1n) is 7.43. The van der Waals surface area contributed by atoms with Gasteiger partial charge < -0.3 is 10.0 Å². The smallest absolute Gasteiger partial charge is 0.191 e. The van der Waals surface area contributed by atoms with Gasteiger partial charge in [0.2, 0.25) is 0 Å². The minimum atomic E-state index is -1.16. The van der Waals surface area contributed by atoms with E-state index in [1.807, 2.05) is 72.6 Å². The molecule has 3 aromatic carbocycles. The summed E-state index contributed by atoms with van der Waals surface area (Å²) in [7, 11) is 1.95. The summed E-state index contributed by atoms with van der Waals surface area (Å²) in [5.74, 6) is 0. The average Bonchev–Trinajstić information content (AvgIpc) is 2.60. The molecule has 0 aliphatic carbocycles. The van der Waals surface area contributed by atoms with Crippen molar-refractivity contribution in [2.75, 3.05) is 11.9 Å². The van der Waals surface area contributed by atoms with Crippen LogP contribution in [-0.4, -0.2) is 12.2 Å². The second-order valence-electron chi connectivity index (χ2n) is 5.66. The third kappa shape index (κ3) is 1.65. The van der Waals surface area contributed by atoms with Crippen molar-refractivity contribution >= 4 is 5.69 Å². The first kappa shape index (κ1) is 13.1. The maximum atomic E-state index is 11.6. The standard InChI is InChI=1S/C20H17NO/c1-21-19-14-8-6-12-17(19)16-11-5-7-13-18(16)20(21,22)15-9-3-2-4-10-15/h2-14,22H,1H3. The van der Waals surface area contributed by atoms with Crippen molar-refractivity contribution in [1.82, 2.24) is 0 Å². The molecule has 1 unspecified atom stereocenters. The summed E-state index contributed by atoms with van der Waals surface area (Å²) in [6, 6.07) is 26.1. The molecule has 0 bridgehead atoms. The number of fused-ring (bicyclic) bond motifs is 3. The van der Waals surface area contributed by atoms with Gasteiger partial charge in [0.1, 0.15) is 0 Å². The summed E-state index contributed by atoms with van der Waals surface area (Å²) >= 11 is 0. The molecular formula is C20H17NO. The number of aliphatic hydroxyl groups is 1. The van der Waals surface area contributed by atoms with Crippen LogP contribution in [0.4, 0.5) is 5.69 Å². The van der Waals surface area contributed by atoms with Crippen LogP contribution >= 0.6 is 0 Å². The Labute approximate surface area is 130 Å². The van der Waals surface area contributed by atoms with E-state index in [0.29, 0.717) is 0 Å². The van der Waals surface area contributed by atoms with Crippen LogP contribution in [0.3, 0.4) is 0 Å². The number of benzene rings is 3. The van der Waals surface area contributed by atoms with Crippen molar-refractivity contribution in [3.05, 3.63) is 90.0 Å². The lowest BCUT2D eigenvalue weighted by molar-refractivity contribution is 0.0809.